The average molecular weight is 279 g/mol. The fourth-order valence-corrected chi connectivity index (χ4v) is 1.91. The molecule has 0 heterocycles. The van der Waals surface area contributed by atoms with E-state index in [1.54, 1.807) is 7.11 Å². The van der Waals surface area contributed by atoms with Crippen LogP contribution < -0.4 is 10.1 Å². The molecule has 1 aromatic rings. The maximum atomic E-state index is 6.23. The molecule has 1 rings (SSSR count). The normalized spacial score (nSPS) is 14.3. The van der Waals surface area contributed by atoms with E-state index in [4.69, 9.17) is 9.47 Å². The molecular weight excluding hydrogens is 250 g/mol. The van der Waals surface area contributed by atoms with Crippen LogP contribution in [0.1, 0.15) is 45.8 Å². The van der Waals surface area contributed by atoms with E-state index in [9.17, 15) is 0 Å². The Morgan fingerprint density at radius 2 is 1.95 bits per heavy atom. The van der Waals surface area contributed by atoms with Crippen molar-refractivity contribution in [2.24, 2.45) is 5.92 Å². The number of rotatable bonds is 9. The summed E-state index contributed by atoms with van der Waals surface area (Å²) >= 11 is 0. The summed E-state index contributed by atoms with van der Waals surface area (Å²) in [5.41, 5.74) is 1.17. The molecule has 2 unspecified atom stereocenters. The zero-order valence-electron chi connectivity index (χ0n) is 13.5. The third-order valence-corrected chi connectivity index (χ3v) is 3.54. The van der Waals surface area contributed by atoms with E-state index in [0.29, 0.717) is 5.92 Å². The Labute approximate surface area is 123 Å². The van der Waals surface area contributed by atoms with E-state index in [2.05, 4.69) is 45.1 Å². The monoisotopic (exact) mass is 279 g/mol. The van der Waals surface area contributed by atoms with Crippen molar-refractivity contribution in [3.8, 4) is 5.75 Å². The Hall–Kier alpha value is -1.06. The van der Waals surface area contributed by atoms with Gasteiger partial charge in [-0.3, -0.25) is 0 Å². The first-order valence-electron chi connectivity index (χ1n) is 7.58. The lowest BCUT2D eigenvalue weighted by Crippen LogP contribution is -2.28. The minimum absolute atomic E-state index is 0.0639. The molecule has 0 saturated carbocycles. The van der Waals surface area contributed by atoms with Crippen LogP contribution in [0.4, 0.5) is 0 Å². The van der Waals surface area contributed by atoms with Gasteiger partial charge in [-0.1, -0.05) is 32.9 Å². The molecule has 3 heteroatoms. The molecule has 0 saturated heterocycles. The van der Waals surface area contributed by atoms with Crippen molar-refractivity contribution in [2.75, 3.05) is 20.2 Å². The smallest absolute Gasteiger partial charge is 0.119 e. The van der Waals surface area contributed by atoms with Crippen LogP contribution in [0.25, 0.3) is 0 Å². The number of methoxy groups -OCH3 is 1. The third-order valence-electron chi connectivity index (χ3n) is 3.54. The van der Waals surface area contributed by atoms with Crippen molar-refractivity contribution in [3.63, 3.8) is 0 Å². The zero-order chi connectivity index (χ0) is 15.0. The summed E-state index contributed by atoms with van der Waals surface area (Å²) < 4.78 is 11.5. The first-order chi connectivity index (χ1) is 9.58. The molecule has 0 amide bonds. The first-order valence-corrected chi connectivity index (χ1v) is 7.58. The maximum Gasteiger partial charge on any atom is 0.119 e. The molecule has 0 bridgehead atoms. The predicted octanol–water partition coefficient (Wildman–Crippen LogP) is 3.80. The molecular formula is C17H29NO2. The van der Waals surface area contributed by atoms with Crippen LogP contribution in [0.3, 0.4) is 0 Å². The lowest BCUT2D eigenvalue weighted by atomic mass is 10.1. The van der Waals surface area contributed by atoms with Crippen molar-refractivity contribution >= 4 is 0 Å². The van der Waals surface area contributed by atoms with Gasteiger partial charge in [-0.05, 0) is 43.5 Å². The second kappa shape index (κ2) is 8.98. The van der Waals surface area contributed by atoms with Gasteiger partial charge in [0.25, 0.3) is 0 Å². The Kier molecular flexibility index (Phi) is 7.63. The summed E-state index contributed by atoms with van der Waals surface area (Å²) in [4.78, 5) is 0. The van der Waals surface area contributed by atoms with Gasteiger partial charge in [-0.2, -0.15) is 0 Å². The van der Waals surface area contributed by atoms with E-state index in [-0.39, 0.29) is 12.2 Å². The summed E-state index contributed by atoms with van der Waals surface area (Å²) in [6.45, 7) is 10.5. The van der Waals surface area contributed by atoms with Gasteiger partial charge >= 0.3 is 0 Å². The highest BCUT2D eigenvalue weighted by molar-refractivity contribution is 5.30. The molecule has 0 spiro atoms. The highest BCUT2D eigenvalue weighted by Crippen LogP contribution is 2.24. The highest BCUT2D eigenvalue weighted by atomic mass is 16.5. The minimum atomic E-state index is 0.0639. The quantitative estimate of drug-likeness (QED) is 0.697. The molecule has 20 heavy (non-hydrogen) atoms. The molecule has 2 atom stereocenters. The molecule has 0 fully saturated rings. The number of nitrogens with one attached hydrogen (secondary N) is 1. The van der Waals surface area contributed by atoms with Crippen molar-refractivity contribution in [3.05, 3.63) is 29.8 Å². The van der Waals surface area contributed by atoms with Gasteiger partial charge in [-0.15, -0.1) is 0 Å². The summed E-state index contributed by atoms with van der Waals surface area (Å²) in [7, 11) is 1.70. The molecule has 3 nitrogen and oxygen atoms in total. The second-order valence-electron chi connectivity index (χ2n) is 5.55. The third kappa shape index (κ3) is 5.51. The van der Waals surface area contributed by atoms with E-state index < -0.39 is 0 Å². The lowest BCUT2D eigenvalue weighted by Gasteiger charge is -2.26. The van der Waals surface area contributed by atoms with Gasteiger partial charge in [0.05, 0.1) is 19.3 Å². The molecule has 1 N–H and O–H groups in total. The van der Waals surface area contributed by atoms with E-state index >= 15 is 0 Å². The van der Waals surface area contributed by atoms with Crippen molar-refractivity contribution < 1.29 is 9.47 Å². The van der Waals surface area contributed by atoms with E-state index in [1.165, 1.54) is 5.56 Å². The van der Waals surface area contributed by atoms with Gasteiger partial charge in [0, 0.05) is 6.54 Å². The van der Waals surface area contributed by atoms with Crippen LogP contribution >= 0.6 is 0 Å². The van der Waals surface area contributed by atoms with Crippen molar-refractivity contribution in [2.45, 2.75) is 46.3 Å². The van der Waals surface area contributed by atoms with Gasteiger partial charge in [0.1, 0.15) is 5.75 Å². The first kappa shape index (κ1) is 17.0. The highest BCUT2D eigenvalue weighted by Gasteiger charge is 2.18. The van der Waals surface area contributed by atoms with Gasteiger partial charge < -0.3 is 14.8 Å². The van der Waals surface area contributed by atoms with Crippen LogP contribution in [0, 0.1) is 5.92 Å². The molecule has 114 valence electrons. The SMILES string of the molecule is CCCNCC(OC(C)C(C)C)c1cccc(OC)c1. The Bertz CT molecular complexity index is 379. The maximum absolute atomic E-state index is 6.23. The largest absolute Gasteiger partial charge is 0.497 e. The zero-order valence-corrected chi connectivity index (χ0v) is 13.5. The molecule has 0 aliphatic rings. The van der Waals surface area contributed by atoms with Crippen LogP contribution in [0.2, 0.25) is 0 Å². The number of ether oxygens (including phenoxy) is 2. The lowest BCUT2D eigenvalue weighted by molar-refractivity contribution is -0.0259. The Balaban J connectivity index is 2.78. The molecule has 0 aliphatic heterocycles. The van der Waals surface area contributed by atoms with Crippen molar-refractivity contribution in [1.82, 2.24) is 5.32 Å². The van der Waals surface area contributed by atoms with Crippen LogP contribution in [0.5, 0.6) is 5.75 Å². The van der Waals surface area contributed by atoms with Crippen LogP contribution in [-0.4, -0.2) is 26.3 Å². The standard InChI is InChI=1S/C17H29NO2/c1-6-10-18-12-17(20-14(4)13(2)3)15-8-7-9-16(11-15)19-5/h7-9,11,13-14,17-18H,6,10,12H2,1-5H3. The molecule has 0 aliphatic carbocycles. The van der Waals surface area contributed by atoms with E-state index in [0.717, 1.165) is 25.3 Å². The summed E-state index contributed by atoms with van der Waals surface area (Å²) in [6.07, 6.45) is 1.42. The number of hydrogen-bond acceptors (Lipinski definition) is 3. The summed E-state index contributed by atoms with van der Waals surface area (Å²) in [6, 6.07) is 8.15. The Morgan fingerprint density at radius 1 is 1.20 bits per heavy atom. The second-order valence-corrected chi connectivity index (χ2v) is 5.55. The molecule has 0 radical (unpaired) electrons. The summed E-state index contributed by atoms with van der Waals surface area (Å²) in [5, 5.41) is 3.45. The van der Waals surface area contributed by atoms with Crippen molar-refractivity contribution in [1.29, 1.82) is 0 Å². The van der Waals surface area contributed by atoms with Gasteiger partial charge in [-0.25, -0.2) is 0 Å². The molecule has 1 aromatic carbocycles. The van der Waals surface area contributed by atoms with Gasteiger partial charge in [0.15, 0.2) is 0 Å². The minimum Gasteiger partial charge on any atom is -0.497 e. The van der Waals surface area contributed by atoms with E-state index in [1.807, 2.05) is 12.1 Å². The van der Waals surface area contributed by atoms with Crippen LogP contribution in [0.15, 0.2) is 24.3 Å². The fraction of sp³-hybridized carbons (Fsp3) is 0.647. The Morgan fingerprint density at radius 3 is 2.55 bits per heavy atom. The molecule has 0 aromatic heterocycles. The fourth-order valence-electron chi connectivity index (χ4n) is 1.91. The topological polar surface area (TPSA) is 30.5 Å². The van der Waals surface area contributed by atoms with Gasteiger partial charge in [0.2, 0.25) is 0 Å². The number of hydrogen-bond donors (Lipinski definition) is 1. The number of benzene rings is 1. The summed E-state index contributed by atoms with van der Waals surface area (Å²) in [5.74, 6) is 1.39. The van der Waals surface area contributed by atoms with Crippen LogP contribution in [-0.2, 0) is 4.74 Å². The predicted molar refractivity (Wildman–Crippen MR) is 84.3 cm³/mol. The average Bonchev–Trinajstić information content (AvgIpc) is 2.46.